The zero-order chi connectivity index (χ0) is 10.9. The Balaban J connectivity index is 3.83. The molecule has 0 aliphatic rings. The summed E-state index contributed by atoms with van der Waals surface area (Å²) in [6, 6.07) is 0. The fraction of sp³-hybridized carbons (Fsp3) is 0.583. The van der Waals surface area contributed by atoms with Crippen molar-refractivity contribution >= 4 is 6.29 Å². The van der Waals surface area contributed by atoms with Gasteiger partial charge in [0.2, 0.25) is 0 Å². The second-order valence-corrected chi connectivity index (χ2v) is 3.71. The van der Waals surface area contributed by atoms with E-state index < -0.39 is 5.54 Å². The van der Waals surface area contributed by atoms with Crippen molar-refractivity contribution in [2.24, 2.45) is 5.73 Å². The van der Waals surface area contributed by atoms with Crippen molar-refractivity contribution in [1.82, 2.24) is 0 Å². The van der Waals surface area contributed by atoms with Crippen LogP contribution in [0.5, 0.6) is 0 Å². The second-order valence-electron chi connectivity index (χ2n) is 3.71. The molecule has 2 nitrogen and oxygen atoms in total. The zero-order valence-electron chi connectivity index (χ0n) is 8.87. The molecule has 0 aromatic carbocycles. The maximum absolute atomic E-state index is 10.8. The molecule has 2 heteroatoms. The molecule has 80 valence electrons. The lowest BCUT2D eigenvalue weighted by Crippen LogP contribution is -2.41. The largest absolute Gasteiger partial charge is 0.319 e. The van der Waals surface area contributed by atoms with Crippen LogP contribution < -0.4 is 5.73 Å². The molecule has 0 saturated carbocycles. The molecule has 0 saturated heterocycles. The molecule has 0 aliphatic heterocycles. The lowest BCUT2D eigenvalue weighted by atomic mass is 9.89. The van der Waals surface area contributed by atoms with Crippen LogP contribution in [0, 0.1) is 0 Å². The summed E-state index contributed by atoms with van der Waals surface area (Å²) in [6.07, 6.45) is 9.82. The number of hydrogen-bond donors (Lipinski definition) is 1. The van der Waals surface area contributed by atoms with Crippen LogP contribution in [0.4, 0.5) is 0 Å². The van der Waals surface area contributed by atoms with Gasteiger partial charge in [-0.3, -0.25) is 0 Å². The summed E-state index contributed by atoms with van der Waals surface area (Å²) in [5.74, 6) is 0. The number of carbonyl (C=O) groups excluding carboxylic acids is 1. The topological polar surface area (TPSA) is 43.1 Å². The molecule has 0 atom stereocenters. The van der Waals surface area contributed by atoms with Gasteiger partial charge in [0, 0.05) is 0 Å². The summed E-state index contributed by atoms with van der Waals surface area (Å²) in [4.78, 5) is 10.8. The molecule has 0 bridgehead atoms. The average molecular weight is 195 g/mol. The molecule has 0 aromatic rings. The molecule has 0 aliphatic carbocycles. The fourth-order valence-corrected chi connectivity index (χ4v) is 1.39. The van der Waals surface area contributed by atoms with Gasteiger partial charge in [-0.15, -0.1) is 13.2 Å². The van der Waals surface area contributed by atoms with Crippen LogP contribution in [0.3, 0.4) is 0 Å². The molecule has 0 heterocycles. The van der Waals surface area contributed by atoms with Gasteiger partial charge in [0.15, 0.2) is 0 Å². The van der Waals surface area contributed by atoms with Crippen LogP contribution in [0.1, 0.15) is 38.5 Å². The molecule has 0 aromatic heterocycles. The second kappa shape index (κ2) is 7.51. The van der Waals surface area contributed by atoms with Crippen LogP contribution in [0.25, 0.3) is 0 Å². The number of hydrogen-bond acceptors (Lipinski definition) is 2. The van der Waals surface area contributed by atoms with Crippen LogP contribution in [-0.2, 0) is 4.79 Å². The summed E-state index contributed by atoms with van der Waals surface area (Å²) in [5.41, 5.74) is 5.31. The van der Waals surface area contributed by atoms with Crippen molar-refractivity contribution in [3.63, 3.8) is 0 Å². The number of allylic oxidation sites excluding steroid dienone is 2. The number of carbonyl (C=O) groups is 1. The fourth-order valence-electron chi connectivity index (χ4n) is 1.39. The Morgan fingerprint density at radius 3 is 1.79 bits per heavy atom. The summed E-state index contributed by atoms with van der Waals surface area (Å²) in [7, 11) is 0. The predicted octanol–water partition coefficient (Wildman–Crippen LogP) is 2.60. The molecule has 0 amide bonds. The molecule has 0 unspecified atom stereocenters. The van der Waals surface area contributed by atoms with E-state index >= 15 is 0 Å². The maximum Gasteiger partial charge on any atom is 0.139 e. The molecule has 0 rings (SSSR count). The third-order valence-electron chi connectivity index (χ3n) is 2.34. The highest BCUT2D eigenvalue weighted by Crippen LogP contribution is 2.16. The molecule has 0 radical (unpaired) electrons. The van der Waals surface area contributed by atoms with E-state index in [0.717, 1.165) is 44.8 Å². The minimum atomic E-state index is -0.633. The van der Waals surface area contributed by atoms with Gasteiger partial charge in [0.1, 0.15) is 6.29 Å². The Hall–Kier alpha value is -0.890. The van der Waals surface area contributed by atoms with Crippen LogP contribution in [-0.4, -0.2) is 11.8 Å². The number of aldehydes is 1. The van der Waals surface area contributed by atoms with Gasteiger partial charge >= 0.3 is 0 Å². The first kappa shape index (κ1) is 13.1. The van der Waals surface area contributed by atoms with E-state index in [-0.39, 0.29) is 0 Å². The lowest BCUT2D eigenvalue weighted by molar-refractivity contribution is -0.112. The predicted molar refractivity (Wildman–Crippen MR) is 61.1 cm³/mol. The van der Waals surface area contributed by atoms with Gasteiger partial charge in [-0.1, -0.05) is 12.2 Å². The Kier molecular flexibility index (Phi) is 7.03. The van der Waals surface area contributed by atoms with Crippen molar-refractivity contribution in [2.45, 2.75) is 44.1 Å². The van der Waals surface area contributed by atoms with Crippen molar-refractivity contribution in [2.75, 3.05) is 0 Å². The standard InChI is InChI=1S/C12H21NO/c1-3-5-7-9-12(13,11-14)10-8-6-4-2/h3-4,11H,1-2,5-10,13H2. The minimum absolute atomic E-state index is 0.633. The van der Waals surface area contributed by atoms with Gasteiger partial charge < -0.3 is 10.5 Å². The smallest absolute Gasteiger partial charge is 0.139 e. The first-order valence-electron chi connectivity index (χ1n) is 5.15. The molecule has 0 fully saturated rings. The Labute approximate surface area is 86.9 Å². The van der Waals surface area contributed by atoms with E-state index in [1.165, 1.54) is 0 Å². The zero-order valence-corrected chi connectivity index (χ0v) is 8.87. The quantitative estimate of drug-likeness (QED) is 0.349. The van der Waals surface area contributed by atoms with E-state index in [1.54, 1.807) is 0 Å². The number of nitrogens with two attached hydrogens (primary N) is 1. The molecule has 14 heavy (non-hydrogen) atoms. The van der Waals surface area contributed by atoms with Gasteiger partial charge in [-0.05, 0) is 38.5 Å². The summed E-state index contributed by atoms with van der Waals surface area (Å²) < 4.78 is 0. The van der Waals surface area contributed by atoms with Gasteiger partial charge in [-0.2, -0.15) is 0 Å². The summed E-state index contributed by atoms with van der Waals surface area (Å²) in [5, 5.41) is 0. The third kappa shape index (κ3) is 5.70. The summed E-state index contributed by atoms with van der Waals surface area (Å²) in [6.45, 7) is 7.28. The highest BCUT2D eigenvalue weighted by Gasteiger charge is 2.22. The Morgan fingerprint density at radius 2 is 1.50 bits per heavy atom. The maximum atomic E-state index is 10.8. The van der Waals surface area contributed by atoms with E-state index in [0.29, 0.717) is 0 Å². The normalized spacial score (nSPS) is 10.9. The Bertz CT molecular complexity index is 173. The highest BCUT2D eigenvalue weighted by molar-refractivity contribution is 5.63. The molecular formula is C12H21NO. The Morgan fingerprint density at radius 1 is 1.07 bits per heavy atom. The van der Waals surface area contributed by atoms with Crippen LogP contribution in [0.15, 0.2) is 25.3 Å². The van der Waals surface area contributed by atoms with Crippen LogP contribution >= 0.6 is 0 Å². The third-order valence-corrected chi connectivity index (χ3v) is 2.34. The molecular weight excluding hydrogens is 174 g/mol. The highest BCUT2D eigenvalue weighted by atomic mass is 16.1. The van der Waals surface area contributed by atoms with Gasteiger partial charge in [0.05, 0.1) is 5.54 Å². The average Bonchev–Trinajstić information content (AvgIpc) is 2.19. The van der Waals surface area contributed by atoms with Gasteiger partial charge in [0.25, 0.3) is 0 Å². The molecule has 0 spiro atoms. The lowest BCUT2D eigenvalue weighted by Gasteiger charge is -2.22. The summed E-state index contributed by atoms with van der Waals surface area (Å²) >= 11 is 0. The van der Waals surface area contributed by atoms with Crippen molar-refractivity contribution in [3.05, 3.63) is 25.3 Å². The first-order valence-corrected chi connectivity index (χ1v) is 5.15. The van der Waals surface area contributed by atoms with Crippen molar-refractivity contribution in [1.29, 1.82) is 0 Å². The van der Waals surface area contributed by atoms with E-state index in [4.69, 9.17) is 5.73 Å². The minimum Gasteiger partial charge on any atom is -0.319 e. The van der Waals surface area contributed by atoms with Gasteiger partial charge in [-0.25, -0.2) is 0 Å². The van der Waals surface area contributed by atoms with E-state index in [2.05, 4.69) is 13.2 Å². The SMILES string of the molecule is C=CCCCC(N)(C=O)CCCC=C. The van der Waals surface area contributed by atoms with E-state index in [1.807, 2.05) is 12.2 Å². The first-order chi connectivity index (χ1) is 6.68. The monoisotopic (exact) mass is 195 g/mol. The molecule has 2 N–H and O–H groups in total. The van der Waals surface area contributed by atoms with Crippen LogP contribution in [0.2, 0.25) is 0 Å². The number of unbranched alkanes of at least 4 members (excludes halogenated alkanes) is 2. The number of rotatable bonds is 9. The van der Waals surface area contributed by atoms with Crippen molar-refractivity contribution < 1.29 is 4.79 Å². The van der Waals surface area contributed by atoms with E-state index in [9.17, 15) is 4.79 Å². The van der Waals surface area contributed by atoms with Crippen molar-refractivity contribution in [3.8, 4) is 0 Å².